The molecule has 0 saturated heterocycles. The van der Waals surface area contributed by atoms with E-state index in [4.69, 9.17) is 4.52 Å². The Balaban J connectivity index is 1.34. The van der Waals surface area contributed by atoms with Crippen LogP contribution in [-0.4, -0.2) is 31.3 Å². The highest BCUT2D eigenvalue weighted by Crippen LogP contribution is 2.28. The lowest BCUT2D eigenvalue weighted by molar-refractivity contribution is -0.274. The number of imidazole rings is 1. The number of nitrogens with zero attached hydrogens (tertiary/aromatic N) is 5. The number of rotatable bonds is 5. The number of ether oxygens (including phenoxy) is 1. The number of halogens is 5. The highest BCUT2D eigenvalue weighted by molar-refractivity contribution is 5.65. The van der Waals surface area contributed by atoms with Gasteiger partial charge in [-0.05, 0) is 36.4 Å². The van der Waals surface area contributed by atoms with E-state index < -0.39 is 18.0 Å². The Hall–Kier alpha value is -4.35. The van der Waals surface area contributed by atoms with Crippen molar-refractivity contribution in [1.29, 1.82) is 0 Å². The van der Waals surface area contributed by atoms with E-state index in [1.54, 1.807) is 12.3 Å². The van der Waals surface area contributed by atoms with Crippen molar-refractivity contribution in [3.8, 4) is 39.8 Å². The summed E-state index contributed by atoms with van der Waals surface area (Å²) in [7, 11) is 0. The summed E-state index contributed by atoms with van der Waals surface area (Å²) >= 11 is 0. The van der Waals surface area contributed by atoms with Crippen LogP contribution in [0.3, 0.4) is 0 Å². The van der Waals surface area contributed by atoms with Crippen LogP contribution in [0.1, 0.15) is 5.69 Å². The molecule has 0 N–H and O–H groups in total. The predicted molar refractivity (Wildman–Crippen MR) is 108 cm³/mol. The standard InChI is InChI=1S/C22H12F5N5O2/c23-16-3-1-2-15(20(16)24)21-29-17-9-28-32(11-18(17)30-21)10-13-8-19(34-31-13)12-4-6-14(7-5-12)33-22(25,26)27/h1-9,11H,10H2. The first-order chi connectivity index (χ1) is 16.2. The van der Waals surface area contributed by atoms with Gasteiger partial charge in [0.1, 0.15) is 22.8 Å². The third-order valence-electron chi connectivity index (χ3n) is 4.76. The van der Waals surface area contributed by atoms with Gasteiger partial charge >= 0.3 is 6.36 Å². The zero-order valence-corrected chi connectivity index (χ0v) is 16.9. The van der Waals surface area contributed by atoms with Gasteiger partial charge in [-0.15, -0.1) is 13.2 Å². The van der Waals surface area contributed by atoms with Gasteiger partial charge in [-0.25, -0.2) is 18.7 Å². The minimum absolute atomic E-state index is 0.0354. The third kappa shape index (κ3) is 4.42. The molecule has 3 heterocycles. The first-order valence-electron chi connectivity index (χ1n) is 9.71. The molecule has 7 nitrogen and oxygen atoms in total. The van der Waals surface area contributed by atoms with Crippen LogP contribution in [0.15, 0.2) is 65.4 Å². The lowest BCUT2D eigenvalue weighted by Crippen LogP contribution is -2.16. The number of benzene rings is 2. The number of hydrogen-bond donors (Lipinski definition) is 0. The van der Waals surface area contributed by atoms with Crippen LogP contribution in [0, 0.1) is 11.6 Å². The van der Waals surface area contributed by atoms with Crippen LogP contribution < -0.4 is 4.74 Å². The molecule has 0 fully saturated rings. The Morgan fingerprint density at radius 1 is 0.971 bits per heavy atom. The Bertz CT molecular complexity index is 1430. The van der Waals surface area contributed by atoms with Crippen LogP contribution in [-0.2, 0) is 6.54 Å². The lowest BCUT2D eigenvalue weighted by atomic mass is 10.1. The second-order valence-corrected chi connectivity index (χ2v) is 7.15. The number of fused-ring (bicyclic) bond motifs is 1. The summed E-state index contributed by atoms with van der Waals surface area (Å²) in [6.45, 7) is 0.186. The molecule has 1 aromatic heterocycles. The van der Waals surface area contributed by atoms with Gasteiger partial charge in [-0.3, -0.25) is 4.68 Å². The number of hydrogen-bond acceptors (Lipinski definition) is 6. The highest BCUT2D eigenvalue weighted by atomic mass is 19.4. The van der Waals surface area contributed by atoms with Gasteiger partial charge in [0, 0.05) is 11.6 Å². The molecule has 0 amide bonds. The molecule has 0 spiro atoms. The smallest absolute Gasteiger partial charge is 0.406 e. The Morgan fingerprint density at radius 2 is 1.74 bits per heavy atom. The molecule has 0 aliphatic carbocycles. The van der Waals surface area contributed by atoms with Gasteiger partial charge in [-0.2, -0.15) is 5.10 Å². The number of alkyl halides is 3. The topological polar surface area (TPSA) is 78.9 Å². The molecule has 2 aromatic carbocycles. The van der Waals surface area contributed by atoms with Crippen molar-refractivity contribution in [3.63, 3.8) is 0 Å². The van der Waals surface area contributed by atoms with E-state index in [2.05, 4.69) is 25.0 Å². The van der Waals surface area contributed by atoms with Crippen molar-refractivity contribution in [2.24, 2.45) is 0 Å². The van der Waals surface area contributed by atoms with Gasteiger partial charge in [0.2, 0.25) is 0 Å². The highest BCUT2D eigenvalue weighted by Gasteiger charge is 2.31. The van der Waals surface area contributed by atoms with E-state index >= 15 is 0 Å². The van der Waals surface area contributed by atoms with Crippen molar-refractivity contribution in [3.05, 3.63) is 78.3 Å². The van der Waals surface area contributed by atoms with Gasteiger partial charge in [0.25, 0.3) is 0 Å². The maximum atomic E-state index is 14.1. The maximum Gasteiger partial charge on any atom is 0.573 e. The molecule has 2 aliphatic rings. The zero-order chi connectivity index (χ0) is 23.9. The second kappa shape index (κ2) is 8.21. The first kappa shape index (κ1) is 21.5. The van der Waals surface area contributed by atoms with Gasteiger partial charge in [0.15, 0.2) is 23.2 Å². The van der Waals surface area contributed by atoms with E-state index in [9.17, 15) is 22.0 Å². The summed E-state index contributed by atoms with van der Waals surface area (Å²) in [5.74, 6) is -2.01. The quantitative estimate of drug-likeness (QED) is 0.322. The molecule has 172 valence electrons. The van der Waals surface area contributed by atoms with Gasteiger partial charge < -0.3 is 9.26 Å². The summed E-state index contributed by atoms with van der Waals surface area (Å²) in [6.07, 6.45) is -1.77. The normalized spacial score (nSPS) is 11.8. The summed E-state index contributed by atoms with van der Waals surface area (Å²) in [4.78, 5) is 8.46. The van der Waals surface area contributed by atoms with Crippen molar-refractivity contribution >= 4 is 0 Å². The molecule has 12 heteroatoms. The average molecular weight is 473 g/mol. The molecule has 0 atom stereocenters. The molecule has 0 unspecified atom stereocenters. The molecular formula is C22H12F5N5O2. The van der Waals surface area contributed by atoms with E-state index in [-0.39, 0.29) is 23.7 Å². The molecule has 0 bridgehead atoms. The fraction of sp³-hybridized carbons (Fsp3) is 0.0909. The van der Waals surface area contributed by atoms with Crippen LogP contribution in [0.2, 0.25) is 0 Å². The third-order valence-corrected chi connectivity index (χ3v) is 4.76. The van der Waals surface area contributed by atoms with E-state index in [0.717, 1.165) is 6.07 Å². The van der Waals surface area contributed by atoms with Crippen molar-refractivity contribution in [2.75, 3.05) is 0 Å². The summed E-state index contributed by atoms with van der Waals surface area (Å²) in [5.41, 5.74) is 1.74. The predicted octanol–water partition coefficient (Wildman–Crippen LogP) is 5.33. The minimum Gasteiger partial charge on any atom is -0.406 e. The van der Waals surface area contributed by atoms with Gasteiger partial charge in [0.05, 0.1) is 24.5 Å². The molecule has 0 saturated carbocycles. The van der Waals surface area contributed by atoms with Gasteiger partial charge in [-0.1, -0.05) is 11.2 Å². The molecule has 34 heavy (non-hydrogen) atoms. The molecule has 5 rings (SSSR count). The van der Waals surface area contributed by atoms with E-state index in [0.29, 0.717) is 28.4 Å². The molecule has 3 aromatic rings. The molecule has 2 aliphatic heterocycles. The van der Waals surface area contributed by atoms with Crippen molar-refractivity contribution in [1.82, 2.24) is 24.9 Å². The Morgan fingerprint density at radius 3 is 2.50 bits per heavy atom. The lowest BCUT2D eigenvalue weighted by Gasteiger charge is -2.08. The fourth-order valence-electron chi connectivity index (χ4n) is 3.25. The first-order valence-corrected chi connectivity index (χ1v) is 9.71. The number of aromatic nitrogens is 5. The SMILES string of the molecule is Fc1cccc(-c2nc3cnn(Cc4cc(-c5ccc(OC(F)(F)F)cc5)on4)cc-3n2)c1F. The van der Waals surface area contributed by atoms with Crippen molar-refractivity contribution < 1.29 is 31.2 Å². The van der Waals surface area contributed by atoms with Crippen molar-refractivity contribution in [2.45, 2.75) is 12.9 Å². The monoisotopic (exact) mass is 473 g/mol. The van der Waals surface area contributed by atoms with Crippen LogP contribution in [0.4, 0.5) is 22.0 Å². The Kier molecular flexibility index (Phi) is 5.19. The maximum absolute atomic E-state index is 14.1. The zero-order valence-electron chi connectivity index (χ0n) is 16.9. The Labute approximate surface area is 187 Å². The summed E-state index contributed by atoms with van der Waals surface area (Å²) in [5, 5.41) is 8.17. The second-order valence-electron chi connectivity index (χ2n) is 7.15. The minimum atomic E-state index is -4.77. The van der Waals surface area contributed by atoms with Crippen LogP contribution in [0.5, 0.6) is 5.75 Å². The van der Waals surface area contributed by atoms with E-state index in [1.165, 1.54) is 47.3 Å². The largest absolute Gasteiger partial charge is 0.573 e. The van der Waals surface area contributed by atoms with E-state index in [1.807, 2.05) is 0 Å². The molecule has 0 radical (unpaired) electrons. The molecular weight excluding hydrogens is 461 g/mol. The average Bonchev–Trinajstić information content (AvgIpc) is 3.42. The summed E-state index contributed by atoms with van der Waals surface area (Å²) < 4.78 is 75.1. The van der Waals surface area contributed by atoms with Crippen LogP contribution >= 0.6 is 0 Å². The summed E-state index contributed by atoms with van der Waals surface area (Å²) in [6, 6.07) is 10.5. The fourth-order valence-corrected chi connectivity index (χ4v) is 3.25. The van der Waals surface area contributed by atoms with Crippen LogP contribution in [0.25, 0.3) is 34.1 Å².